The summed E-state index contributed by atoms with van der Waals surface area (Å²) in [6, 6.07) is 100. The van der Waals surface area contributed by atoms with Gasteiger partial charge in [0.15, 0.2) is 0 Å². The summed E-state index contributed by atoms with van der Waals surface area (Å²) in [5, 5.41) is 4.93. The highest BCUT2D eigenvalue weighted by Crippen LogP contribution is 2.72. The van der Waals surface area contributed by atoms with E-state index in [0.29, 0.717) is 0 Å². The lowest BCUT2D eigenvalue weighted by Gasteiger charge is -2.40. The lowest BCUT2D eigenvalue weighted by atomic mass is 9.62. The molecule has 2 heterocycles. The molecule has 566 valence electrons. The van der Waals surface area contributed by atoms with Gasteiger partial charge in [0.25, 0.3) is 0 Å². The van der Waals surface area contributed by atoms with Gasteiger partial charge in [0.1, 0.15) is 22.3 Å². The van der Waals surface area contributed by atoms with E-state index in [0.717, 1.165) is 59.1 Å². The molecule has 6 aliphatic rings. The Kier molecular flexibility index (Phi) is 17.7. The molecule has 0 bridgehead atoms. The summed E-state index contributed by atoms with van der Waals surface area (Å²) in [7, 11) is 0. The third-order valence-electron chi connectivity index (χ3n) is 28.8. The smallest absolute Gasteiger partial charge is 0.144 e. The van der Waals surface area contributed by atoms with Crippen molar-refractivity contribution in [2.24, 2.45) is 0 Å². The molecule has 0 unspecified atom stereocenters. The van der Waals surface area contributed by atoms with E-state index in [4.69, 9.17) is 8.83 Å². The lowest BCUT2D eigenvalue weighted by molar-refractivity contribution is 0.369. The van der Waals surface area contributed by atoms with Crippen LogP contribution in [0.2, 0.25) is 0 Å². The number of rotatable bonds is 27. The lowest BCUT2D eigenvalue weighted by Crippen LogP contribution is -2.33. The minimum absolute atomic E-state index is 0.166. The van der Waals surface area contributed by atoms with Crippen LogP contribution in [0.5, 0.6) is 0 Å². The predicted octanol–water partition coefficient (Wildman–Crippen LogP) is 31.9. The number of unbranched alkanes of at least 4 members (excludes halogenated alkanes) is 16. The molecule has 15 aromatic rings. The summed E-state index contributed by atoms with van der Waals surface area (Å²) in [4.78, 5) is 2.70. The number of benzene rings is 13. The Balaban J connectivity index is 0.826. The van der Waals surface area contributed by atoms with Crippen molar-refractivity contribution >= 4 is 60.9 Å². The molecule has 0 aliphatic heterocycles. The van der Waals surface area contributed by atoms with E-state index in [1.165, 1.54) is 278 Å². The van der Waals surface area contributed by atoms with Gasteiger partial charge in [0.2, 0.25) is 0 Å². The average Bonchev–Trinajstić information content (AvgIpc) is 1.49. The fraction of sp³-hybridized carbons (Fsp3) is 0.297. The van der Waals surface area contributed by atoms with Crippen LogP contribution in [0.25, 0.3) is 111 Å². The molecule has 114 heavy (non-hydrogen) atoms. The van der Waals surface area contributed by atoms with Gasteiger partial charge in [-0.1, -0.05) is 350 Å². The number of hydrogen-bond donors (Lipinski definition) is 0. The second-order valence-corrected chi connectivity index (χ2v) is 34.8. The minimum Gasteiger partial charge on any atom is -0.456 e. The van der Waals surface area contributed by atoms with Crippen LogP contribution in [0.1, 0.15) is 254 Å². The molecule has 0 amide bonds. The van der Waals surface area contributed by atoms with Crippen molar-refractivity contribution in [3.8, 4) is 66.8 Å². The van der Waals surface area contributed by atoms with Crippen LogP contribution in [0, 0.1) is 6.92 Å². The fourth-order valence-corrected chi connectivity index (χ4v) is 24.0. The molecule has 2 aromatic heterocycles. The van der Waals surface area contributed by atoms with E-state index < -0.39 is 10.8 Å². The molecule has 3 heteroatoms. The molecular formula is C111H105NO2. The summed E-state index contributed by atoms with van der Waals surface area (Å²) < 4.78 is 14.7. The second kappa shape index (κ2) is 28.4. The highest BCUT2D eigenvalue weighted by molar-refractivity contribution is 6.22. The Morgan fingerprint density at radius 1 is 0.263 bits per heavy atom. The molecule has 0 fully saturated rings. The SMILES string of the molecule is CCCCCCCC1(CCCCCCC)c2cc(N(c3ccc4c(c3)C3(c5ccccc5-c5ccccc53)c3cc5c(cc3-4)C3(c4ccccc4-c4ccccc43)c3ccc4oc6ccccc6c4c3-5)c3ccccc3C)ccc2-c2c1c1c(c3c2oc2ccccc23)-c2ccccc2C1(CCCCCCC)CCCCCCC. The highest BCUT2D eigenvalue weighted by atomic mass is 16.3. The normalized spacial score (nSPS) is 15.0. The monoisotopic (exact) mass is 1480 g/mol. The maximum absolute atomic E-state index is 7.74. The summed E-state index contributed by atoms with van der Waals surface area (Å²) in [5.41, 5.74) is 40.1. The summed E-state index contributed by atoms with van der Waals surface area (Å²) in [6.45, 7) is 11.9. The van der Waals surface area contributed by atoms with E-state index in [-0.39, 0.29) is 10.8 Å². The summed E-state index contributed by atoms with van der Waals surface area (Å²) in [5.74, 6) is 0. The largest absolute Gasteiger partial charge is 0.456 e. The molecule has 13 aromatic carbocycles. The Morgan fingerprint density at radius 3 is 1.21 bits per heavy atom. The molecule has 0 saturated carbocycles. The molecule has 6 aliphatic carbocycles. The zero-order valence-electron chi connectivity index (χ0n) is 67.5. The Bertz CT molecular complexity index is 6200. The predicted molar refractivity (Wildman–Crippen MR) is 479 cm³/mol. The summed E-state index contributed by atoms with van der Waals surface area (Å²) >= 11 is 0. The Hall–Kier alpha value is -10.7. The van der Waals surface area contributed by atoms with Gasteiger partial charge in [-0.3, -0.25) is 0 Å². The summed E-state index contributed by atoms with van der Waals surface area (Å²) in [6.07, 6.45) is 29.5. The van der Waals surface area contributed by atoms with Crippen molar-refractivity contribution in [1.29, 1.82) is 0 Å². The van der Waals surface area contributed by atoms with Gasteiger partial charge in [0.05, 0.1) is 10.8 Å². The van der Waals surface area contributed by atoms with Gasteiger partial charge >= 0.3 is 0 Å². The van der Waals surface area contributed by atoms with Gasteiger partial charge in [-0.2, -0.15) is 0 Å². The van der Waals surface area contributed by atoms with Gasteiger partial charge in [-0.15, -0.1) is 0 Å². The molecule has 3 nitrogen and oxygen atoms in total. The van der Waals surface area contributed by atoms with Gasteiger partial charge in [-0.25, -0.2) is 0 Å². The van der Waals surface area contributed by atoms with Crippen LogP contribution < -0.4 is 4.90 Å². The first-order chi connectivity index (χ1) is 56.3. The van der Waals surface area contributed by atoms with Crippen LogP contribution in [0.3, 0.4) is 0 Å². The maximum atomic E-state index is 7.74. The number of para-hydroxylation sites is 3. The third kappa shape index (κ3) is 10.2. The van der Waals surface area contributed by atoms with E-state index in [1.54, 1.807) is 16.7 Å². The molecule has 0 radical (unpaired) electrons. The molecule has 0 N–H and O–H groups in total. The van der Waals surface area contributed by atoms with Crippen LogP contribution in [0.4, 0.5) is 17.1 Å². The van der Waals surface area contributed by atoms with Crippen molar-refractivity contribution in [2.75, 3.05) is 4.90 Å². The third-order valence-corrected chi connectivity index (χ3v) is 28.8. The van der Waals surface area contributed by atoms with Crippen molar-refractivity contribution in [1.82, 2.24) is 0 Å². The second-order valence-electron chi connectivity index (χ2n) is 34.8. The minimum atomic E-state index is -0.688. The van der Waals surface area contributed by atoms with Crippen LogP contribution in [-0.2, 0) is 21.7 Å². The molecule has 21 rings (SSSR count). The first kappa shape index (κ1) is 71.1. The van der Waals surface area contributed by atoms with Crippen molar-refractivity contribution in [3.05, 3.63) is 327 Å². The van der Waals surface area contributed by atoms with Gasteiger partial charge in [-0.05, 0) is 227 Å². The van der Waals surface area contributed by atoms with Crippen LogP contribution >= 0.6 is 0 Å². The maximum Gasteiger partial charge on any atom is 0.144 e. The number of nitrogens with zero attached hydrogens (tertiary/aromatic N) is 1. The van der Waals surface area contributed by atoms with E-state index in [9.17, 15) is 0 Å². The number of hydrogen-bond acceptors (Lipinski definition) is 3. The Morgan fingerprint density at radius 2 is 0.658 bits per heavy atom. The number of fused-ring (bicyclic) bond motifs is 36. The van der Waals surface area contributed by atoms with Crippen molar-refractivity contribution < 1.29 is 8.83 Å². The van der Waals surface area contributed by atoms with Crippen molar-refractivity contribution in [2.45, 2.75) is 210 Å². The Labute approximate surface area is 674 Å². The average molecular weight is 1490 g/mol. The molecule has 0 saturated heterocycles. The fourth-order valence-electron chi connectivity index (χ4n) is 24.0. The number of aryl methyl sites for hydroxylation is 1. The first-order valence-electron chi connectivity index (χ1n) is 44.1. The first-order valence-corrected chi connectivity index (χ1v) is 44.1. The zero-order chi connectivity index (χ0) is 76.4. The topological polar surface area (TPSA) is 29.5 Å². The molecule has 0 atom stereocenters. The van der Waals surface area contributed by atoms with E-state index in [1.807, 2.05) is 0 Å². The number of anilines is 3. The number of furan rings is 2. The highest BCUT2D eigenvalue weighted by Gasteiger charge is 2.59. The van der Waals surface area contributed by atoms with Crippen LogP contribution in [0.15, 0.2) is 264 Å². The quantitative estimate of drug-likeness (QED) is 0.0481. The van der Waals surface area contributed by atoms with Gasteiger partial charge < -0.3 is 13.7 Å². The zero-order valence-corrected chi connectivity index (χ0v) is 67.5. The van der Waals surface area contributed by atoms with E-state index in [2.05, 4.69) is 294 Å². The molecular weight excluding hydrogens is 1380 g/mol. The van der Waals surface area contributed by atoms with E-state index >= 15 is 0 Å². The van der Waals surface area contributed by atoms with Gasteiger partial charge in [0, 0.05) is 55.0 Å². The van der Waals surface area contributed by atoms with Crippen LogP contribution in [-0.4, -0.2) is 0 Å². The molecule has 2 spiro atoms. The standard InChI is InChI=1S/C111H105NO2/c1-6-10-14-18-38-64-108(65-39-19-15-11-7-2)86-50-30-27-47-80(86)102-103-83-49-29-37-57-98(83)114-107(103)104-81-61-59-73(68-92(81)109(106(104)105(102)108,66-40-20-16-12-8-3)67-41-21-17-13-9-4)112(96-55-35-22-42-72(96)5)74-58-60-79-84-70-95-85(71-94(84)111(93(79)69-74)89-53-33-25-45-77(89)78-46-26-34-54-90(78)111)100-91(62-63-99-101(100)82-48-28-36-56-97(82)113-99)110(95)87-51-31-23-43-75(87)76-44-24-32-52-88(76)110/h22-37,42-63,68-71H,6-21,38-41,64-67H2,1-5H3. The van der Waals surface area contributed by atoms with Crippen molar-refractivity contribution in [3.63, 3.8) is 0 Å².